The highest BCUT2D eigenvalue weighted by Gasteiger charge is 2.58. The quantitative estimate of drug-likeness (QED) is 0.771. The van der Waals surface area contributed by atoms with Gasteiger partial charge in [-0.3, -0.25) is 0 Å². The van der Waals surface area contributed by atoms with Crippen LogP contribution in [0.2, 0.25) is 0 Å². The van der Waals surface area contributed by atoms with Gasteiger partial charge in [0.1, 0.15) is 0 Å². The van der Waals surface area contributed by atoms with E-state index in [-0.39, 0.29) is 23.6 Å². The number of urea groups is 1. The third-order valence-electron chi connectivity index (χ3n) is 6.95. The van der Waals surface area contributed by atoms with Crippen molar-refractivity contribution in [3.63, 3.8) is 0 Å². The van der Waals surface area contributed by atoms with Crippen LogP contribution in [0.15, 0.2) is 24.3 Å². The Kier molecular flexibility index (Phi) is 4.11. The maximum atomic E-state index is 12.7. The van der Waals surface area contributed by atoms with E-state index in [0.29, 0.717) is 11.8 Å². The molecular weight excluding hydrogens is 324 g/mol. The lowest BCUT2D eigenvalue weighted by Crippen LogP contribution is -2.66. The molecule has 0 radical (unpaired) electrons. The fourth-order valence-corrected chi connectivity index (χ4v) is 6.27. The highest BCUT2D eigenvalue weighted by molar-refractivity contribution is 5.75. The first kappa shape index (κ1) is 17.8. The van der Waals surface area contributed by atoms with Crippen LogP contribution >= 0.6 is 0 Å². The van der Waals surface area contributed by atoms with Gasteiger partial charge in [-0.25, -0.2) is 4.79 Å². The molecule has 4 fully saturated rings. The van der Waals surface area contributed by atoms with Crippen LogP contribution in [0.1, 0.15) is 63.5 Å². The molecule has 0 heterocycles. The Morgan fingerprint density at radius 2 is 1.77 bits per heavy atom. The van der Waals surface area contributed by atoms with Crippen molar-refractivity contribution in [3.05, 3.63) is 35.4 Å². The number of carbonyl (C=O) groups excluding carboxylic acids is 1. The summed E-state index contributed by atoms with van der Waals surface area (Å²) < 4.78 is 0. The van der Waals surface area contributed by atoms with E-state index in [1.807, 2.05) is 13.8 Å². The Bertz CT molecular complexity index is 681. The predicted octanol–water partition coefficient (Wildman–Crippen LogP) is 3.66. The number of aryl methyl sites for hydroxylation is 1. The molecule has 1 aromatic carbocycles. The van der Waals surface area contributed by atoms with Gasteiger partial charge in [-0.2, -0.15) is 0 Å². The monoisotopic (exact) mass is 356 g/mol. The third kappa shape index (κ3) is 3.13. The number of aliphatic hydroxyl groups is 1. The van der Waals surface area contributed by atoms with Crippen molar-refractivity contribution < 1.29 is 9.90 Å². The summed E-state index contributed by atoms with van der Waals surface area (Å²) in [6.07, 6.45) is 7.09. The summed E-state index contributed by atoms with van der Waals surface area (Å²) in [5, 5.41) is 15.7. The number of hydrogen-bond acceptors (Lipinski definition) is 2. The highest BCUT2D eigenvalue weighted by Crippen LogP contribution is 2.62. The molecule has 5 rings (SSSR count). The zero-order valence-electron chi connectivity index (χ0n) is 16.3. The molecule has 4 bridgehead atoms. The Morgan fingerprint density at radius 1 is 1.15 bits per heavy atom. The van der Waals surface area contributed by atoms with Gasteiger partial charge in [-0.1, -0.05) is 29.8 Å². The van der Waals surface area contributed by atoms with Crippen LogP contribution in [0.5, 0.6) is 0 Å². The number of rotatable bonds is 4. The fraction of sp³-hybridized carbons (Fsp3) is 0.682. The summed E-state index contributed by atoms with van der Waals surface area (Å²) in [7, 11) is 0. The van der Waals surface area contributed by atoms with Crippen molar-refractivity contribution in [2.75, 3.05) is 6.61 Å². The van der Waals surface area contributed by atoms with Gasteiger partial charge in [0.25, 0.3) is 0 Å². The Labute approximate surface area is 156 Å². The molecule has 3 N–H and O–H groups in total. The average molecular weight is 357 g/mol. The van der Waals surface area contributed by atoms with E-state index < -0.39 is 5.54 Å². The van der Waals surface area contributed by atoms with Crippen LogP contribution < -0.4 is 10.6 Å². The molecular formula is C22H32N2O2. The Hall–Kier alpha value is -1.55. The minimum Gasteiger partial charge on any atom is -0.394 e. The van der Waals surface area contributed by atoms with Gasteiger partial charge in [0, 0.05) is 5.54 Å². The predicted molar refractivity (Wildman–Crippen MR) is 103 cm³/mol. The van der Waals surface area contributed by atoms with E-state index in [4.69, 9.17) is 0 Å². The molecule has 4 aliphatic rings. The first-order valence-electron chi connectivity index (χ1n) is 10.0. The summed E-state index contributed by atoms with van der Waals surface area (Å²) in [5.74, 6) is 1.42. The smallest absolute Gasteiger partial charge is 0.315 e. The van der Waals surface area contributed by atoms with Crippen molar-refractivity contribution in [3.8, 4) is 0 Å². The SMILES string of the molecule is Cc1ccc(C23C[C@H]4C[C@@H](CC(NC(=O)NC(C)(C)CO)(C4)C2)C3)cc1. The average Bonchev–Trinajstić information content (AvgIpc) is 2.52. The van der Waals surface area contributed by atoms with Gasteiger partial charge < -0.3 is 15.7 Å². The molecule has 2 amide bonds. The van der Waals surface area contributed by atoms with Crippen molar-refractivity contribution in [1.82, 2.24) is 10.6 Å². The number of nitrogens with one attached hydrogen (secondary N) is 2. The van der Waals surface area contributed by atoms with Crippen molar-refractivity contribution >= 4 is 6.03 Å². The standard InChI is InChI=1S/C22H32N2O2/c1-15-4-6-18(7-5-15)21-9-16-8-17(10-21)12-22(11-16,13-21)24-19(26)23-20(2,3)14-25/h4-7,16-17,25H,8-14H2,1-3H3,(H2,23,24,26)/t16-,17-,21?,22?/m1/s1. The molecule has 2 atom stereocenters. The van der Waals surface area contributed by atoms with E-state index in [1.54, 1.807) is 0 Å². The highest BCUT2D eigenvalue weighted by atomic mass is 16.3. The molecule has 4 nitrogen and oxygen atoms in total. The lowest BCUT2D eigenvalue weighted by molar-refractivity contribution is -0.0354. The van der Waals surface area contributed by atoms with Crippen LogP contribution in [0.4, 0.5) is 4.79 Å². The Morgan fingerprint density at radius 3 is 2.35 bits per heavy atom. The summed E-state index contributed by atoms with van der Waals surface area (Å²) in [6, 6.07) is 8.94. The molecule has 4 heteroatoms. The van der Waals surface area contributed by atoms with E-state index in [0.717, 1.165) is 19.3 Å². The largest absolute Gasteiger partial charge is 0.394 e. The molecule has 4 aliphatic carbocycles. The number of benzene rings is 1. The number of amides is 2. The van der Waals surface area contributed by atoms with Crippen molar-refractivity contribution in [2.45, 2.75) is 75.8 Å². The minimum absolute atomic E-state index is 0.0635. The zero-order chi connectivity index (χ0) is 18.6. The third-order valence-corrected chi connectivity index (χ3v) is 6.95. The van der Waals surface area contributed by atoms with Gasteiger partial charge >= 0.3 is 6.03 Å². The zero-order valence-corrected chi connectivity index (χ0v) is 16.3. The van der Waals surface area contributed by atoms with E-state index in [2.05, 4.69) is 41.8 Å². The lowest BCUT2D eigenvalue weighted by Gasteiger charge is -2.62. The molecule has 0 spiro atoms. The molecule has 4 saturated carbocycles. The first-order chi connectivity index (χ1) is 12.2. The molecule has 0 saturated heterocycles. The van der Waals surface area contributed by atoms with Gasteiger partial charge in [0.2, 0.25) is 0 Å². The summed E-state index contributed by atoms with van der Waals surface area (Å²) >= 11 is 0. The maximum absolute atomic E-state index is 12.7. The van der Waals surface area contributed by atoms with Crippen LogP contribution in [0.3, 0.4) is 0 Å². The molecule has 1 aromatic rings. The van der Waals surface area contributed by atoms with Crippen LogP contribution in [-0.2, 0) is 5.41 Å². The van der Waals surface area contributed by atoms with Crippen LogP contribution in [0, 0.1) is 18.8 Å². The second-order valence-electron chi connectivity index (χ2n) is 10.0. The molecule has 0 aromatic heterocycles. The maximum Gasteiger partial charge on any atom is 0.315 e. The second-order valence-corrected chi connectivity index (χ2v) is 10.0. The number of carbonyl (C=O) groups is 1. The molecule has 0 unspecified atom stereocenters. The molecule has 0 aliphatic heterocycles. The van der Waals surface area contributed by atoms with Gasteiger partial charge in [-0.15, -0.1) is 0 Å². The van der Waals surface area contributed by atoms with Gasteiger partial charge in [-0.05, 0) is 82.1 Å². The van der Waals surface area contributed by atoms with Crippen LogP contribution in [0.25, 0.3) is 0 Å². The second kappa shape index (κ2) is 5.98. The topological polar surface area (TPSA) is 61.4 Å². The van der Waals surface area contributed by atoms with Crippen molar-refractivity contribution in [2.24, 2.45) is 11.8 Å². The lowest BCUT2D eigenvalue weighted by atomic mass is 9.45. The summed E-state index contributed by atoms with van der Waals surface area (Å²) in [6.45, 7) is 5.77. The number of hydrogen-bond donors (Lipinski definition) is 3. The summed E-state index contributed by atoms with van der Waals surface area (Å²) in [5.41, 5.74) is 2.29. The fourth-order valence-electron chi connectivity index (χ4n) is 6.27. The van der Waals surface area contributed by atoms with Gasteiger partial charge in [0.15, 0.2) is 0 Å². The molecule has 26 heavy (non-hydrogen) atoms. The van der Waals surface area contributed by atoms with Gasteiger partial charge in [0.05, 0.1) is 12.1 Å². The van der Waals surface area contributed by atoms with E-state index in [1.165, 1.54) is 30.4 Å². The minimum atomic E-state index is -0.596. The van der Waals surface area contributed by atoms with E-state index >= 15 is 0 Å². The van der Waals surface area contributed by atoms with E-state index in [9.17, 15) is 9.90 Å². The number of aliphatic hydroxyl groups excluding tert-OH is 1. The normalized spacial score (nSPS) is 35.4. The molecule has 142 valence electrons. The van der Waals surface area contributed by atoms with Crippen LogP contribution in [-0.4, -0.2) is 28.8 Å². The first-order valence-corrected chi connectivity index (χ1v) is 10.0. The Balaban J connectivity index is 1.58. The van der Waals surface area contributed by atoms with Crippen molar-refractivity contribution in [1.29, 1.82) is 0 Å². The summed E-state index contributed by atoms with van der Waals surface area (Å²) in [4.78, 5) is 12.7.